The van der Waals surface area contributed by atoms with Crippen molar-refractivity contribution in [3.05, 3.63) is 66.4 Å². The molecule has 0 spiro atoms. The zero-order valence-electron chi connectivity index (χ0n) is 22.9. The molecular weight excluding hydrogens is 496 g/mol. The number of methoxy groups -OCH3 is 1. The van der Waals surface area contributed by atoms with Crippen LogP contribution in [0.3, 0.4) is 0 Å². The molecule has 9 heteroatoms. The number of benzene rings is 2. The van der Waals surface area contributed by atoms with Crippen LogP contribution in [0, 0.1) is 0 Å². The molecule has 8 nitrogen and oxygen atoms in total. The molecule has 1 unspecified atom stereocenters. The summed E-state index contributed by atoms with van der Waals surface area (Å²) >= 11 is 0. The third-order valence-corrected chi connectivity index (χ3v) is 8.07. The minimum absolute atomic E-state index is 0.302. The van der Waals surface area contributed by atoms with E-state index in [4.69, 9.17) is 19.6 Å². The van der Waals surface area contributed by atoms with Crippen molar-refractivity contribution >= 4 is 25.0 Å². The summed E-state index contributed by atoms with van der Waals surface area (Å²) in [5.74, 6) is 0.348. The van der Waals surface area contributed by atoms with Crippen LogP contribution in [0.15, 0.2) is 60.8 Å². The Labute approximate surface area is 224 Å². The van der Waals surface area contributed by atoms with Gasteiger partial charge in [-0.3, -0.25) is 4.79 Å². The maximum Gasteiger partial charge on any atom is 0.255 e. The normalized spacial score (nSPS) is 12.5. The summed E-state index contributed by atoms with van der Waals surface area (Å²) < 4.78 is 13.4. The van der Waals surface area contributed by atoms with E-state index in [1.54, 1.807) is 38.2 Å². The molecule has 0 saturated heterocycles. The van der Waals surface area contributed by atoms with Crippen LogP contribution in [0.1, 0.15) is 11.7 Å². The first-order valence-corrected chi connectivity index (χ1v) is 16.4. The van der Waals surface area contributed by atoms with Gasteiger partial charge in [0.25, 0.3) is 5.91 Å². The molecule has 0 aliphatic heterocycles. The summed E-state index contributed by atoms with van der Waals surface area (Å²) in [6.45, 7) is 7.96. The highest BCUT2D eigenvalue weighted by atomic mass is 28.3. The van der Waals surface area contributed by atoms with Crippen molar-refractivity contribution in [2.45, 2.75) is 38.5 Å². The molecule has 0 bridgehead atoms. The number of carbonyl (C=O) groups excluding carboxylic acids is 1. The highest BCUT2D eigenvalue weighted by Crippen LogP contribution is 2.35. The number of pyridine rings is 1. The van der Waals surface area contributed by atoms with Crippen LogP contribution in [0.4, 0.5) is 0 Å². The van der Waals surface area contributed by atoms with Crippen molar-refractivity contribution in [1.29, 1.82) is 0 Å². The Balaban J connectivity index is 1.76. The molecule has 0 radical (unpaired) electrons. The second kappa shape index (κ2) is 11.5. The van der Waals surface area contributed by atoms with Gasteiger partial charge in [0, 0.05) is 51.5 Å². The van der Waals surface area contributed by atoms with E-state index < -0.39 is 14.2 Å². The number of fused-ring (bicyclic) bond motifs is 1. The van der Waals surface area contributed by atoms with Gasteiger partial charge in [0.05, 0.1) is 7.11 Å². The predicted molar refractivity (Wildman–Crippen MR) is 153 cm³/mol. The minimum atomic E-state index is -1.23. The molecule has 200 valence electrons. The quantitative estimate of drug-likeness (QED) is 0.223. The molecular formula is C29H36N4O4Si. The Morgan fingerprint density at radius 1 is 1.08 bits per heavy atom. The molecule has 2 aromatic carbocycles. The number of rotatable bonds is 10. The van der Waals surface area contributed by atoms with Crippen molar-refractivity contribution < 1.29 is 19.4 Å². The van der Waals surface area contributed by atoms with E-state index in [-0.39, 0.29) is 5.91 Å². The first-order chi connectivity index (χ1) is 18.1. The smallest absolute Gasteiger partial charge is 0.255 e. The lowest BCUT2D eigenvalue weighted by Gasteiger charge is -2.16. The Morgan fingerprint density at radius 2 is 1.84 bits per heavy atom. The monoisotopic (exact) mass is 532 g/mol. The van der Waals surface area contributed by atoms with Gasteiger partial charge in [-0.25, -0.2) is 9.67 Å². The van der Waals surface area contributed by atoms with Crippen LogP contribution in [0.2, 0.25) is 25.7 Å². The highest BCUT2D eigenvalue weighted by molar-refractivity contribution is 6.76. The number of hydrogen-bond acceptors (Lipinski definition) is 6. The molecule has 0 fully saturated rings. The molecule has 38 heavy (non-hydrogen) atoms. The summed E-state index contributed by atoms with van der Waals surface area (Å²) in [7, 11) is 3.69. The number of aliphatic hydroxyl groups excluding tert-OH is 1. The SMILES string of the molecule is COc1ccccc1-c1nn(COCC[Si](C)(C)C)c2ncc(-c3cccc(C(O)C(=O)N(C)C)c3)cc12. The van der Waals surface area contributed by atoms with Gasteiger partial charge in [0.2, 0.25) is 0 Å². The molecule has 1 N–H and O–H groups in total. The van der Waals surface area contributed by atoms with Crippen LogP contribution in [-0.2, 0) is 16.3 Å². The molecule has 1 amide bonds. The van der Waals surface area contributed by atoms with Gasteiger partial charge in [-0.05, 0) is 41.4 Å². The fourth-order valence-corrected chi connectivity index (χ4v) is 4.91. The number of carbonyl (C=O) groups is 1. The van der Waals surface area contributed by atoms with E-state index in [0.717, 1.165) is 39.6 Å². The fourth-order valence-electron chi connectivity index (χ4n) is 4.15. The standard InChI is InChI=1S/C29H36N4O4Si/c1-32(2)29(35)27(34)21-11-9-10-20(16-21)22-17-24-26(23-12-7-8-13-25(23)36-3)31-33(28(24)30-18-22)19-37-14-15-38(4,5)6/h7-13,16-18,27,34H,14-15,19H2,1-6H3. The number of amides is 1. The Kier molecular flexibility index (Phi) is 8.30. The van der Waals surface area contributed by atoms with Gasteiger partial charge in [0.1, 0.15) is 18.2 Å². The van der Waals surface area contributed by atoms with E-state index in [0.29, 0.717) is 24.5 Å². The summed E-state index contributed by atoms with van der Waals surface area (Å²) in [6, 6.07) is 18.2. The minimum Gasteiger partial charge on any atom is -0.496 e. The molecule has 4 rings (SSSR count). The first-order valence-electron chi connectivity index (χ1n) is 12.7. The zero-order valence-corrected chi connectivity index (χ0v) is 23.9. The van der Waals surface area contributed by atoms with Gasteiger partial charge in [-0.2, -0.15) is 5.10 Å². The number of aromatic nitrogens is 3. The third kappa shape index (κ3) is 6.12. The Bertz CT molecular complexity index is 1430. The fraction of sp³-hybridized carbons (Fsp3) is 0.345. The maximum absolute atomic E-state index is 12.3. The Morgan fingerprint density at radius 3 is 2.55 bits per heavy atom. The van der Waals surface area contributed by atoms with Crippen LogP contribution >= 0.6 is 0 Å². The maximum atomic E-state index is 12.3. The Hall–Kier alpha value is -3.53. The lowest BCUT2D eigenvalue weighted by molar-refractivity contribution is -0.137. The number of para-hydroxylation sites is 1. The number of aliphatic hydroxyl groups is 1. The van der Waals surface area contributed by atoms with Crippen LogP contribution < -0.4 is 4.74 Å². The lowest BCUT2D eigenvalue weighted by Crippen LogP contribution is -2.28. The van der Waals surface area contributed by atoms with Gasteiger partial charge < -0.3 is 19.5 Å². The average molecular weight is 533 g/mol. The van der Waals surface area contributed by atoms with Gasteiger partial charge >= 0.3 is 0 Å². The largest absolute Gasteiger partial charge is 0.496 e. The number of ether oxygens (including phenoxy) is 2. The van der Waals surface area contributed by atoms with Crippen LogP contribution in [0.5, 0.6) is 5.75 Å². The van der Waals surface area contributed by atoms with Crippen LogP contribution in [-0.4, -0.2) is 66.6 Å². The van der Waals surface area contributed by atoms with Gasteiger partial charge in [-0.15, -0.1) is 0 Å². The number of nitrogens with zero attached hydrogens (tertiary/aromatic N) is 4. The first kappa shape index (κ1) is 27.5. The third-order valence-electron chi connectivity index (χ3n) is 6.37. The molecule has 1 atom stereocenters. The zero-order chi connectivity index (χ0) is 27.4. The second-order valence-corrected chi connectivity index (χ2v) is 16.4. The second-order valence-electron chi connectivity index (χ2n) is 10.8. The predicted octanol–water partition coefficient (Wildman–Crippen LogP) is 5.21. The average Bonchev–Trinajstić information content (AvgIpc) is 3.27. The van der Waals surface area contributed by atoms with Gasteiger partial charge in [-0.1, -0.05) is 50.0 Å². The van der Waals surface area contributed by atoms with Crippen molar-refractivity contribution in [3.8, 4) is 28.1 Å². The molecule has 0 aliphatic carbocycles. The molecule has 0 aliphatic rings. The summed E-state index contributed by atoms with van der Waals surface area (Å²) in [5, 5.41) is 16.3. The topological polar surface area (TPSA) is 89.7 Å². The summed E-state index contributed by atoms with van der Waals surface area (Å²) in [6.07, 6.45) is 0.551. The van der Waals surface area contributed by atoms with Crippen molar-refractivity contribution in [2.75, 3.05) is 27.8 Å². The molecule has 0 saturated carbocycles. The molecule has 4 aromatic rings. The summed E-state index contributed by atoms with van der Waals surface area (Å²) in [4.78, 5) is 18.5. The van der Waals surface area contributed by atoms with E-state index >= 15 is 0 Å². The van der Waals surface area contributed by atoms with Crippen molar-refractivity contribution in [1.82, 2.24) is 19.7 Å². The summed E-state index contributed by atoms with van der Waals surface area (Å²) in [5.41, 5.74) is 4.53. The molecule has 2 heterocycles. The number of hydrogen-bond donors (Lipinski definition) is 1. The van der Waals surface area contributed by atoms with Crippen LogP contribution in [0.25, 0.3) is 33.4 Å². The highest BCUT2D eigenvalue weighted by Gasteiger charge is 2.21. The number of likely N-dealkylation sites (N-methyl/N-ethyl adjacent to an activating group) is 1. The van der Waals surface area contributed by atoms with Crippen molar-refractivity contribution in [3.63, 3.8) is 0 Å². The van der Waals surface area contributed by atoms with E-state index in [9.17, 15) is 9.90 Å². The van der Waals surface area contributed by atoms with E-state index in [1.165, 1.54) is 4.90 Å². The van der Waals surface area contributed by atoms with Gasteiger partial charge in [0.15, 0.2) is 11.8 Å². The van der Waals surface area contributed by atoms with E-state index in [2.05, 4.69) is 19.6 Å². The molecule has 2 aromatic heterocycles. The lowest BCUT2D eigenvalue weighted by atomic mass is 9.99. The van der Waals surface area contributed by atoms with E-state index in [1.807, 2.05) is 48.5 Å². The van der Waals surface area contributed by atoms with Crippen molar-refractivity contribution in [2.24, 2.45) is 0 Å².